The van der Waals surface area contributed by atoms with Crippen LogP contribution in [0.25, 0.3) is 0 Å². The summed E-state index contributed by atoms with van der Waals surface area (Å²) >= 11 is 0. The number of aryl methyl sites for hydroxylation is 1. The fourth-order valence-electron chi connectivity index (χ4n) is 2.32. The minimum atomic E-state index is 0.0376. The van der Waals surface area contributed by atoms with Gasteiger partial charge in [-0.05, 0) is 24.8 Å². The number of hydrogen-bond acceptors (Lipinski definition) is 2. The highest BCUT2D eigenvalue weighted by Gasteiger charge is 2.13. The van der Waals surface area contributed by atoms with E-state index in [1.54, 1.807) is 0 Å². The minimum Gasteiger partial charge on any atom is -0.372 e. The van der Waals surface area contributed by atoms with E-state index in [9.17, 15) is 0 Å². The highest BCUT2D eigenvalue weighted by molar-refractivity contribution is 5.24. The smallest absolute Gasteiger partial charge is 0.0947 e. The topological polar surface area (TPSA) is 35.2 Å². The average molecular weight is 263 g/mol. The van der Waals surface area contributed by atoms with Crippen LogP contribution >= 0.6 is 0 Å². The molecule has 0 aliphatic carbocycles. The van der Waals surface area contributed by atoms with Crippen LogP contribution in [0, 0.1) is 12.8 Å². The first kappa shape index (κ1) is 16.2. The van der Waals surface area contributed by atoms with Crippen LogP contribution in [0.5, 0.6) is 0 Å². The SMILES string of the molecule is CCCCC(CC)COC(CN)c1cccc(C)c1. The molecule has 108 valence electrons. The quantitative estimate of drug-likeness (QED) is 0.723. The predicted molar refractivity (Wildman–Crippen MR) is 82.2 cm³/mol. The maximum Gasteiger partial charge on any atom is 0.0947 e. The van der Waals surface area contributed by atoms with E-state index in [-0.39, 0.29) is 6.10 Å². The van der Waals surface area contributed by atoms with Gasteiger partial charge in [0, 0.05) is 6.54 Å². The molecule has 1 aromatic carbocycles. The molecule has 0 saturated carbocycles. The van der Waals surface area contributed by atoms with E-state index < -0.39 is 0 Å². The number of benzene rings is 1. The molecular weight excluding hydrogens is 234 g/mol. The summed E-state index contributed by atoms with van der Waals surface area (Å²) in [4.78, 5) is 0. The molecular formula is C17H29NO. The molecule has 0 amide bonds. The Labute approximate surface area is 118 Å². The second-order valence-electron chi connectivity index (χ2n) is 5.39. The standard InChI is InChI=1S/C17H29NO/c1-4-6-9-15(5-2)13-19-17(12-18)16-10-7-8-14(3)11-16/h7-8,10-11,15,17H,4-6,9,12-13,18H2,1-3H3. The number of nitrogens with two attached hydrogens (primary N) is 1. The predicted octanol–water partition coefficient (Wildman–Crippen LogP) is 4.23. The van der Waals surface area contributed by atoms with Gasteiger partial charge in [0.15, 0.2) is 0 Å². The van der Waals surface area contributed by atoms with E-state index in [1.807, 2.05) is 0 Å². The van der Waals surface area contributed by atoms with Crippen molar-refractivity contribution in [1.29, 1.82) is 0 Å². The summed E-state index contributed by atoms with van der Waals surface area (Å²) in [6.45, 7) is 7.96. The van der Waals surface area contributed by atoms with Gasteiger partial charge in [-0.25, -0.2) is 0 Å². The Bertz CT molecular complexity index is 351. The summed E-state index contributed by atoms with van der Waals surface area (Å²) in [7, 11) is 0. The van der Waals surface area contributed by atoms with Crippen LogP contribution in [0.15, 0.2) is 24.3 Å². The molecule has 0 fully saturated rings. The van der Waals surface area contributed by atoms with Crippen molar-refractivity contribution in [3.63, 3.8) is 0 Å². The fourth-order valence-corrected chi connectivity index (χ4v) is 2.32. The molecule has 2 atom stereocenters. The number of hydrogen-bond donors (Lipinski definition) is 1. The fraction of sp³-hybridized carbons (Fsp3) is 0.647. The monoisotopic (exact) mass is 263 g/mol. The molecule has 19 heavy (non-hydrogen) atoms. The summed E-state index contributed by atoms with van der Waals surface area (Å²) in [5, 5.41) is 0. The number of ether oxygens (including phenoxy) is 1. The second-order valence-corrected chi connectivity index (χ2v) is 5.39. The molecule has 2 N–H and O–H groups in total. The molecule has 2 unspecified atom stereocenters. The van der Waals surface area contributed by atoms with Crippen molar-refractivity contribution >= 4 is 0 Å². The Morgan fingerprint density at radius 3 is 2.63 bits per heavy atom. The molecule has 1 rings (SSSR count). The highest BCUT2D eigenvalue weighted by Crippen LogP contribution is 2.21. The van der Waals surface area contributed by atoms with Crippen molar-refractivity contribution in [1.82, 2.24) is 0 Å². The van der Waals surface area contributed by atoms with Crippen LogP contribution in [0.3, 0.4) is 0 Å². The number of unbranched alkanes of at least 4 members (excludes halogenated alkanes) is 1. The van der Waals surface area contributed by atoms with Gasteiger partial charge < -0.3 is 10.5 Å². The molecule has 0 radical (unpaired) electrons. The first-order valence-electron chi connectivity index (χ1n) is 7.59. The second kappa shape index (κ2) is 9.11. The summed E-state index contributed by atoms with van der Waals surface area (Å²) in [6, 6.07) is 8.46. The van der Waals surface area contributed by atoms with E-state index in [1.165, 1.54) is 36.8 Å². The normalized spacial score (nSPS) is 14.3. The maximum absolute atomic E-state index is 6.06. The van der Waals surface area contributed by atoms with Gasteiger partial charge in [0.2, 0.25) is 0 Å². The van der Waals surface area contributed by atoms with Crippen LogP contribution in [-0.4, -0.2) is 13.2 Å². The third-order valence-corrected chi connectivity index (χ3v) is 3.70. The Morgan fingerprint density at radius 1 is 1.26 bits per heavy atom. The highest BCUT2D eigenvalue weighted by atomic mass is 16.5. The molecule has 1 aromatic rings. The Hall–Kier alpha value is -0.860. The van der Waals surface area contributed by atoms with Crippen molar-refractivity contribution in [2.75, 3.05) is 13.2 Å². The van der Waals surface area contributed by atoms with Gasteiger partial charge in [0.05, 0.1) is 12.7 Å². The molecule has 0 saturated heterocycles. The van der Waals surface area contributed by atoms with Gasteiger partial charge in [0.1, 0.15) is 0 Å². The van der Waals surface area contributed by atoms with Gasteiger partial charge in [-0.15, -0.1) is 0 Å². The van der Waals surface area contributed by atoms with Crippen molar-refractivity contribution in [3.05, 3.63) is 35.4 Å². The Morgan fingerprint density at radius 2 is 2.05 bits per heavy atom. The molecule has 2 nitrogen and oxygen atoms in total. The maximum atomic E-state index is 6.06. The van der Waals surface area contributed by atoms with Gasteiger partial charge >= 0.3 is 0 Å². The lowest BCUT2D eigenvalue weighted by Crippen LogP contribution is -2.19. The van der Waals surface area contributed by atoms with E-state index in [0.717, 1.165) is 6.61 Å². The third-order valence-electron chi connectivity index (χ3n) is 3.70. The molecule has 0 bridgehead atoms. The van der Waals surface area contributed by atoms with Gasteiger partial charge in [-0.2, -0.15) is 0 Å². The summed E-state index contributed by atoms with van der Waals surface area (Å²) in [6.07, 6.45) is 5.04. The Balaban J connectivity index is 2.52. The minimum absolute atomic E-state index is 0.0376. The number of rotatable bonds is 9. The molecule has 0 aromatic heterocycles. The summed E-state index contributed by atoms with van der Waals surface area (Å²) < 4.78 is 6.06. The van der Waals surface area contributed by atoms with Crippen LogP contribution in [-0.2, 0) is 4.74 Å². The molecule has 0 heterocycles. The molecule has 0 spiro atoms. The zero-order chi connectivity index (χ0) is 14.1. The molecule has 0 aliphatic heterocycles. The average Bonchev–Trinajstić information content (AvgIpc) is 2.43. The van der Waals surface area contributed by atoms with Crippen molar-refractivity contribution in [3.8, 4) is 0 Å². The molecule has 0 aliphatic rings. The summed E-state index contributed by atoms with van der Waals surface area (Å²) in [5.41, 5.74) is 8.32. The lowest BCUT2D eigenvalue weighted by atomic mass is 10.00. The van der Waals surface area contributed by atoms with Gasteiger partial charge in [-0.1, -0.05) is 62.9 Å². The zero-order valence-corrected chi connectivity index (χ0v) is 12.7. The lowest BCUT2D eigenvalue weighted by Gasteiger charge is -2.21. The largest absolute Gasteiger partial charge is 0.372 e. The van der Waals surface area contributed by atoms with Crippen molar-refractivity contribution in [2.24, 2.45) is 11.7 Å². The van der Waals surface area contributed by atoms with E-state index >= 15 is 0 Å². The first-order valence-corrected chi connectivity index (χ1v) is 7.59. The summed E-state index contributed by atoms with van der Waals surface area (Å²) in [5.74, 6) is 0.666. The Kier molecular flexibility index (Phi) is 7.76. The van der Waals surface area contributed by atoms with Crippen molar-refractivity contribution in [2.45, 2.75) is 52.6 Å². The van der Waals surface area contributed by atoms with Crippen molar-refractivity contribution < 1.29 is 4.74 Å². The van der Waals surface area contributed by atoms with Crippen LogP contribution in [0.2, 0.25) is 0 Å². The van der Waals surface area contributed by atoms with Gasteiger partial charge in [0.25, 0.3) is 0 Å². The van der Waals surface area contributed by atoms with Crippen LogP contribution in [0.1, 0.15) is 56.8 Å². The lowest BCUT2D eigenvalue weighted by molar-refractivity contribution is 0.0299. The van der Waals surface area contributed by atoms with E-state index in [0.29, 0.717) is 12.5 Å². The third kappa shape index (κ3) is 5.75. The molecule has 2 heteroatoms. The van der Waals surface area contributed by atoms with Gasteiger partial charge in [-0.3, -0.25) is 0 Å². The van der Waals surface area contributed by atoms with E-state index in [2.05, 4.69) is 45.0 Å². The zero-order valence-electron chi connectivity index (χ0n) is 12.7. The van der Waals surface area contributed by atoms with Crippen LogP contribution in [0.4, 0.5) is 0 Å². The van der Waals surface area contributed by atoms with Crippen LogP contribution < -0.4 is 5.73 Å². The first-order chi connectivity index (χ1) is 9.21. The van der Waals surface area contributed by atoms with E-state index in [4.69, 9.17) is 10.5 Å².